The zero-order valence-electron chi connectivity index (χ0n) is 18.3. The second-order valence-corrected chi connectivity index (χ2v) is 7.88. The van der Waals surface area contributed by atoms with Crippen LogP contribution in [-0.2, 0) is 9.59 Å². The van der Waals surface area contributed by atoms with Gasteiger partial charge in [0, 0.05) is 24.5 Å². The molecule has 0 fully saturated rings. The lowest BCUT2D eigenvalue weighted by atomic mass is 10.1. The average Bonchev–Trinajstić information content (AvgIpc) is 3.17. The Balaban J connectivity index is 1.71. The van der Waals surface area contributed by atoms with Gasteiger partial charge in [-0.3, -0.25) is 9.59 Å². The molecule has 3 rings (SSSR count). The van der Waals surface area contributed by atoms with Gasteiger partial charge < -0.3 is 15.5 Å². The molecule has 0 radical (unpaired) electrons. The third-order valence-corrected chi connectivity index (χ3v) is 4.85. The monoisotopic (exact) mass is 420 g/mol. The molecule has 3 N–H and O–H groups in total. The number of amides is 2. The first kappa shape index (κ1) is 22.2. The fraction of sp³-hybridized carbons (Fsp3) is 0.292. The summed E-state index contributed by atoms with van der Waals surface area (Å²) >= 11 is 0. The van der Waals surface area contributed by atoms with Crippen molar-refractivity contribution < 1.29 is 14.5 Å². The Morgan fingerprint density at radius 2 is 1.65 bits per heavy atom. The molecule has 31 heavy (non-hydrogen) atoms. The predicted molar refractivity (Wildman–Crippen MR) is 122 cm³/mol. The highest BCUT2D eigenvalue weighted by Crippen LogP contribution is 2.25. The molecule has 7 nitrogen and oxygen atoms in total. The van der Waals surface area contributed by atoms with Crippen molar-refractivity contribution in [3.05, 3.63) is 66.2 Å². The molecule has 2 amide bonds. The molecule has 0 unspecified atom stereocenters. The second kappa shape index (κ2) is 10.5. The molecule has 0 atom stereocenters. The molecular weight excluding hydrogens is 390 g/mol. The maximum Gasteiger partial charge on any atom is 0.226 e. The quantitative estimate of drug-likeness (QED) is 0.494. The minimum Gasteiger partial charge on any atom is -0.350 e. The summed E-state index contributed by atoms with van der Waals surface area (Å²) in [6, 6.07) is 19.6. The molecule has 0 aliphatic carbocycles. The van der Waals surface area contributed by atoms with Crippen LogP contribution in [0, 0.1) is 6.92 Å². The Morgan fingerprint density at radius 3 is 2.32 bits per heavy atom. The van der Waals surface area contributed by atoms with Crippen LogP contribution in [-0.4, -0.2) is 48.8 Å². The van der Waals surface area contributed by atoms with E-state index in [0.29, 0.717) is 12.4 Å². The van der Waals surface area contributed by atoms with Gasteiger partial charge in [-0.25, -0.2) is 4.68 Å². The van der Waals surface area contributed by atoms with Crippen LogP contribution in [0.15, 0.2) is 60.7 Å². The summed E-state index contributed by atoms with van der Waals surface area (Å²) < 4.78 is 1.72. The highest BCUT2D eigenvalue weighted by atomic mass is 16.2. The Labute approximate surface area is 183 Å². The summed E-state index contributed by atoms with van der Waals surface area (Å²) in [7, 11) is 4.06. The van der Waals surface area contributed by atoms with Gasteiger partial charge in [0.25, 0.3) is 0 Å². The third-order valence-electron chi connectivity index (χ3n) is 4.85. The Hall–Kier alpha value is -3.45. The normalized spacial score (nSPS) is 10.8. The first-order valence-electron chi connectivity index (χ1n) is 10.5. The molecule has 1 aromatic heterocycles. The summed E-state index contributed by atoms with van der Waals surface area (Å²) in [6.07, 6.45) is 0.263. The Kier molecular flexibility index (Phi) is 7.56. The summed E-state index contributed by atoms with van der Waals surface area (Å²) in [5.74, 6) is 0.235. The minimum atomic E-state index is -0.221. The summed E-state index contributed by atoms with van der Waals surface area (Å²) in [4.78, 5) is 25.8. The molecule has 0 saturated carbocycles. The largest absolute Gasteiger partial charge is 0.350 e. The van der Waals surface area contributed by atoms with Gasteiger partial charge in [-0.15, -0.1) is 0 Å². The number of nitrogens with zero attached hydrogens (tertiary/aromatic N) is 2. The molecule has 7 heteroatoms. The number of likely N-dealkylation sites (N-methyl/N-ethyl adjacent to an activating group) is 1. The molecule has 1 heterocycles. The summed E-state index contributed by atoms with van der Waals surface area (Å²) in [5, 5.41) is 10.5. The molecule has 3 aromatic rings. The van der Waals surface area contributed by atoms with E-state index < -0.39 is 0 Å². The van der Waals surface area contributed by atoms with Gasteiger partial charge in [0.2, 0.25) is 11.8 Å². The number of quaternary nitrogens is 1. The van der Waals surface area contributed by atoms with E-state index in [1.54, 1.807) is 4.68 Å². The lowest BCUT2D eigenvalue weighted by Crippen LogP contribution is -3.06. The van der Waals surface area contributed by atoms with Crippen LogP contribution in [0.5, 0.6) is 0 Å². The van der Waals surface area contributed by atoms with Gasteiger partial charge in [-0.05, 0) is 19.1 Å². The molecule has 0 spiro atoms. The van der Waals surface area contributed by atoms with E-state index in [4.69, 9.17) is 5.10 Å². The molecule has 2 aromatic carbocycles. The van der Waals surface area contributed by atoms with Crippen molar-refractivity contribution in [3.63, 3.8) is 0 Å². The molecule has 162 valence electrons. The van der Waals surface area contributed by atoms with Crippen LogP contribution < -0.4 is 15.5 Å². The van der Waals surface area contributed by atoms with E-state index in [9.17, 15) is 9.59 Å². The van der Waals surface area contributed by atoms with Gasteiger partial charge >= 0.3 is 0 Å². The zero-order chi connectivity index (χ0) is 22.2. The topological polar surface area (TPSA) is 80.5 Å². The van der Waals surface area contributed by atoms with Crippen molar-refractivity contribution in [2.24, 2.45) is 0 Å². The second-order valence-electron chi connectivity index (χ2n) is 7.88. The standard InChI is InChI=1S/C24H29N5O2/c1-18-9-11-20(12-10-18)29-22(17-21(27-29)19-7-5-4-6-8-19)26-24(31)14-13-23(30)25-15-16-28(2)3/h4-12,17H,13-16H2,1-3H3,(H,25,30)(H,26,31)/p+1. The van der Waals surface area contributed by atoms with Crippen LogP contribution in [0.3, 0.4) is 0 Å². The lowest BCUT2D eigenvalue weighted by molar-refractivity contribution is -0.856. The number of hydrogen-bond acceptors (Lipinski definition) is 3. The van der Waals surface area contributed by atoms with Crippen molar-refractivity contribution in [2.75, 3.05) is 32.5 Å². The Bertz CT molecular complexity index is 1010. The fourth-order valence-electron chi connectivity index (χ4n) is 3.08. The molecule has 0 aliphatic heterocycles. The van der Waals surface area contributed by atoms with E-state index in [1.807, 2.05) is 81.7 Å². The van der Waals surface area contributed by atoms with Gasteiger partial charge in [0.15, 0.2) is 0 Å². The van der Waals surface area contributed by atoms with E-state index in [1.165, 1.54) is 4.90 Å². The Morgan fingerprint density at radius 1 is 0.968 bits per heavy atom. The highest BCUT2D eigenvalue weighted by Gasteiger charge is 2.15. The van der Waals surface area contributed by atoms with Crippen molar-refractivity contribution in [3.8, 4) is 16.9 Å². The van der Waals surface area contributed by atoms with Crippen molar-refractivity contribution >= 4 is 17.6 Å². The first-order valence-corrected chi connectivity index (χ1v) is 10.5. The number of aromatic nitrogens is 2. The van der Waals surface area contributed by atoms with Crippen LogP contribution >= 0.6 is 0 Å². The number of carbonyl (C=O) groups excluding carboxylic acids is 2. The van der Waals surface area contributed by atoms with Gasteiger partial charge in [-0.2, -0.15) is 5.10 Å². The van der Waals surface area contributed by atoms with E-state index in [2.05, 4.69) is 10.6 Å². The summed E-state index contributed by atoms with van der Waals surface area (Å²) in [6.45, 7) is 3.47. The van der Waals surface area contributed by atoms with Gasteiger partial charge in [0.05, 0.1) is 38.6 Å². The van der Waals surface area contributed by atoms with Crippen molar-refractivity contribution in [2.45, 2.75) is 19.8 Å². The number of rotatable bonds is 9. The predicted octanol–water partition coefficient (Wildman–Crippen LogP) is 1.83. The fourth-order valence-corrected chi connectivity index (χ4v) is 3.08. The van der Waals surface area contributed by atoms with E-state index >= 15 is 0 Å². The van der Waals surface area contributed by atoms with E-state index in [0.717, 1.165) is 29.1 Å². The molecule has 0 aliphatic rings. The lowest BCUT2D eigenvalue weighted by Gasteiger charge is -2.10. The minimum absolute atomic E-state index is 0.112. The van der Waals surface area contributed by atoms with Gasteiger partial charge in [0.1, 0.15) is 5.82 Å². The maximum absolute atomic E-state index is 12.5. The maximum atomic E-state index is 12.5. The van der Waals surface area contributed by atoms with Crippen molar-refractivity contribution in [1.82, 2.24) is 15.1 Å². The molecular formula is C24H30N5O2+. The SMILES string of the molecule is Cc1ccc(-n2nc(-c3ccccc3)cc2NC(=O)CCC(=O)NCC[NH+](C)C)cc1. The molecule has 0 saturated heterocycles. The number of carbonyl (C=O) groups is 2. The summed E-state index contributed by atoms with van der Waals surface area (Å²) in [5.41, 5.74) is 3.73. The number of aryl methyl sites for hydroxylation is 1. The number of anilines is 1. The van der Waals surface area contributed by atoms with Crippen LogP contribution in [0.25, 0.3) is 16.9 Å². The molecule has 0 bridgehead atoms. The number of benzene rings is 2. The zero-order valence-corrected chi connectivity index (χ0v) is 18.3. The highest BCUT2D eigenvalue weighted by molar-refractivity contribution is 5.93. The van der Waals surface area contributed by atoms with E-state index in [-0.39, 0.29) is 24.7 Å². The third kappa shape index (κ3) is 6.52. The number of nitrogens with one attached hydrogen (secondary N) is 3. The van der Waals surface area contributed by atoms with Crippen LogP contribution in [0.2, 0.25) is 0 Å². The van der Waals surface area contributed by atoms with Crippen LogP contribution in [0.4, 0.5) is 5.82 Å². The smallest absolute Gasteiger partial charge is 0.226 e. The van der Waals surface area contributed by atoms with Crippen molar-refractivity contribution in [1.29, 1.82) is 0 Å². The van der Waals surface area contributed by atoms with Gasteiger partial charge in [-0.1, -0.05) is 48.0 Å². The van der Waals surface area contributed by atoms with Crippen LogP contribution in [0.1, 0.15) is 18.4 Å². The number of hydrogen-bond donors (Lipinski definition) is 3. The average molecular weight is 421 g/mol. The first-order chi connectivity index (χ1) is 14.9.